The molecule has 0 saturated carbocycles. The predicted octanol–water partition coefficient (Wildman–Crippen LogP) is 3.93. The van der Waals surface area contributed by atoms with Crippen molar-refractivity contribution in [3.05, 3.63) is 41.4 Å². The highest BCUT2D eigenvalue weighted by Gasteiger charge is 2.42. The molecule has 90 valence electrons. The van der Waals surface area contributed by atoms with Gasteiger partial charge in [-0.25, -0.2) is 0 Å². The highest BCUT2D eigenvalue weighted by Crippen LogP contribution is 2.46. The molecule has 0 aliphatic rings. The first kappa shape index (κ1) is 12.4. The molecule has 0 fully saturated rings. The summed E-state index contributed by atoms with van der Waals surface area (Å²) in [6.45, 7) is 0. The molecule has 1 aromatic carbocycles. The zero-order valence-corrected chi connectivity index (χ0v) is 10.0. The molecule has 0 aliphatic carbocycles. The Morgan fingerprint density at radius 3 is 2.41 bits per heavy atom. The van der Waals surface area contributed by atoms with Crippen LogP contribution in [0.4, 0.5) is 13.2 Å². The van der Waals surface area contributed by atoms with Gasteiger partial charge in [-0.2, -0.15) is 13.2 Å². The largest absolute Gasteiger partial charge is 0.404 e. The van der Waals surface area contributed by atoms with Gasteiger partial charge in [0.2, 0.25) is 0 Å². The van der Waals surface area contributed by atoms with Crippen LogP contribution in [-0.2, 0) is 0 Å². The summed E-state index contributed by atoms with van der Waals surface area (Å²) in [5.41, 5.74) is 1.64. The quantitative estimate of drug-likeness (QED) is 0.794. The maximum absolute atomic E-state index is 12.9. The minimum absolute atomic E-state index is 0.222. The van der Waals surface area contributed by atoms with Gasteiger partial charge in [-0.15, -0.1) is 10.2 Å². The van der Waals surface area contributed by atoms with E-state index >= 15 is 0 Å². The van der Waals surface area contributed by atoms with Crippen LogP contribution in [-0.4, -0.2) is 16.4 Å². The molecule has 0 aliphatic heterocycles. The molecule has 17 heavy (non-hydrogen) atoms. The van der Waals surface area contributed by atoms with Gasteiger partial charge in [0.25, 0.3) is 0 Å². The zero-order chi connectivity index (χ0) is 12.3. The summed E-state index contributed by atoms with van der Waals surface area (Å²) in [4.78, 5) is 0. The van der Waals surface area contributed by atoms with E-state index in [9.17, 15) is 13.2 Å². The van der Waals surface area contributed by atoms with Gasteiger partial charge in [-0.3, -0.25) is 0 Å². The molecule has 1 heterocycles. The monoisotopic (exact) mass is 276 g/mol. The van der Waals surface area contributed by atoms with Crippen LogP contribution < -0.4 is 0 Å². The predicted molar refractivity (Wildman–Crippen MR) is 61.0 cm³/mol. The molecule has 1 unspecified atom stereocenters. The van der Waals surface area contributed by atoms with E-state index in [1.54, 1.807) is 18.2 Å². The molecule has 0 amide bonds. The number of rotatable bonds is 3. The number of benzene rings is 1. The molecule has 0 N–H and O–H groups in total. The number of hydrogen-bond acceptors (Lipinski definition) is 4. The van der Waals surface area contributed by atoms with E-state index in [4.69, 9.17) is 0 Å². The van der Waals surface area contributed by atoms with Crippen LogP contribution in [0.2, 0.25) is 0 Å². The Bertz CT molecular complexity index is 456. The van der Waals surface area contributed by atoms with Gasteiger partial charge in [0, 0.05) is 0 Å². The minimum atomic E-state index is -4.31. The van der Waals surface area contributed by atoms with Crippen LogP contribution in [0, 0.1) is 0 Å². The van der Waals surface area contributed by atoms with Crippen molar-refractivity contribution in [3.8, 4) is 0 Å². The van der Waals surface area contributed by atoms with Crippen molar-refractivity contribution < 1.29 is 13.2 Å². The minimum Gasteiger partial charge on any atom is -0.169 e. The van der Waals surface area contributed by atoms with E-state index in [1.165, 1.54) is 17.6 Å². The number of hydrogen-bond donors (Lipinski definition) is 0. The third-order valence-electron chi connectivity index (χ3n) is 1.96. The van der Waals surface area contributed by atoms with Crippen molar-refractivity contribution >= 4 is 23.1 Å². The molecular weight excluding hydrogens is 269 g/mol. The second-order valence-electron chi connectivity index (χ2n) is 3.15. The molecule has 0 spiro atoms. The van der Waals surface area contributed by atoms with Gasteiger partial charge in [0.1, 0.15) is 10.8 Å². The number of nitrogens with zero attached hydrogens (tertiary/aromatic N) is 2. The number of alkyl halides is 3. The molecule has 1 atom stereocenters. The van der Waals surface area contributed by atoms with E-state index in [0.717, 1.165) is 11.3 Å². The van der Waals surface area contributed by atoms with Crippen molar-refractivity contribution in [3.63, 3.8) is 0 Å². The Balaban J connectivity index is 2.27. The standard InChI is InChI=1S/C10H7F3N2S2/c11-10(12,13)8(7-4-2-1-3-5-7)17-9-15-14-6-16-9/h1-6,8H. The summed E-state index contributed by atoms with van der Waals surface area (Å²) in [5.74, 6) is 0. The number of halogens is 3. The topological polar surface area (TPSA) is 25.8 Å². The summed E-state index contributed by atoms with van der Waals surface area (Å²) in [5, 5.41) is 5.56. The second-order valence-corrected chi connectivity index (χ2v) is 5.34. The first-order chi connectivity index (χ1) is 8.07. The van der Waals surface area contributed by atoms with Crippen LogP contribution in [0.5, 0.6) is 0 Å². The zero-order valence-electron chi connectivity index (χ0n) is 8.39. The fourth-order valence-electron chi connectivity index (χ4n) is 1.27. The summed E-state index contributed by atoms with van der Waals surface area (Å²) in [7, 11) is 0. The smallest absolute Gasteiger partial charge is 0.169 e. The van der Waals surface area contributed by atoms with Gasteiger partial charge < -0.3 is 0 Å². The van der Waals surface area contributed by atoms with E-state index in [-0.39, 0.29) is 5.56 Å². The van der Waals surface area contributed by atoms with Crippen LogP contribution in [0.1, 0.15) is 10.8 Å². The number of aromatic nitrogens is 2. The Morgan fingerprint density at radius 1 is 1.18 bits per heavy atom. The molecule has 0 radical (unpaired) electrons. The summed E-state index contributed by atoms with van der Waals surface area (Å²) in [6, 6.07) is 7.80. The lowest BCUT2D eigenvalue weighted by atomic mass is 10.1. The molecule has 2 aromatic rings. The summed E-state index contributed by atoms with van der Waals surface area (Å²) < 4.78 is 39.1. The fraction of sp³-hybridized carbons (Fsp3) is 0.200. The third-order valence-corrected chi connectivity index (χ3v) is 4.08. The van der Waals surface area contributed by atoms with Crippen molar-refractivity contribution in [2.24, 2.45) is 0 Å². The van der Waals surface area contributed by atoms with Crippen molar-refractivity contribution in [1.82, 2.24) is 10.2 Å². The van der Waals surface area contributed by atoms with Crippen LogP contribution in [0.3, 0.4) is 0 Å². The normalized spacial score (nSPS) is 13.6. The molecule has 1 aromatic heterocycles. The molecule has 7 heteroatoms. The van der Waals surface area contributed by atoms with E-state index in [1.807, 2.05) is 0 Å². The lowest BCUT2D eigenvalue weighted by molar-refractivity contribution is -0.129. The van der Waals surface area contributed by atoms with Gasteiger partial charge in [0.05, 0.1) is 0 Å². The van der Waals surface area contributed by atoms with Crippen molar-refractivity contribution in [1.29, 1.82) is 0 Å². The molecule has 0 bridgehead atoms. The van der Waals surface area contributed by atoms with Gasteiger partial charge in [-0.1, -0.05) is 53.4 Å². The maximum atomic E-state index is 12.9. The van der Waals surface area contributed by atoms with E-state index < -0.39 is 11.4 Å². The van der Waals surface area contributed by atoms with E-state index in [2.05, 4.69) is 10.2 Å². The molecule has 0 saturated heterocycles. The molecule has 2 nitrogen and oxygen atoms in total. The summed E-state index contributed by atoms with van der Waals surface area (Å²) in [6.07, 6.45) is -4.31. The Kier molecular flexibility index (Phi) is 3.68. The summed E-state index contributed by atoms with van der Waals surface area (Å²) >= 11 is 1.78. The molecular formula is C10H7F3N2S2. The van der Waals surface area contributed by atoms with Gasteiger partial charge in [0.15, 0.2) is 4.34 Å². The van der Waals surface area contributed by atoms with Crippen LogP contribution >= 0.6 is 23.1 Å². The lowest BCUT2D eigenvalue weighted by Crippen LogP contribution is -2.17. The highest BCUT2D eigenvalue weighted by molar-refractivity contribution is 8.01. The average Bonchev–Trinajstić information content (AvgIpc) is 2.78. The fourth-order valence-corrected chi connectivity index (χ4v) is 2.91. The Morgan fingerprint density at radius 2 is 1.88 bits per heavy atom. The number of thioether (sulfide) groups is 1. The first-order valence-corrected chi connectivity index (χ1v) is 6.38. The first-order valence-electron chi connectivity index (χ1n) is 4.62. The molecule has 2 rings (SSSR count). The van der Waals surface area contributed by atoms with E-state index in [0.29, 0.717) is 16.1 Å². The SMILES string of the molecule is FC(F)(F)C(Sc1nncs1)c1ccccc1. The maximum Gasteiger partial charge on any atom is 0.404 e. The third kappa shape index (κ3) is 3.19. The Labute approximate surface area is 104 Å². The average molecular weight is 276 g/mol. The van der Waals surface area contributed by atoms with Crippen LogP contribution in [0.15, 0.2) is 40.2 Å². The van der Waals surface area contributed by atoms with Gasteiger partial charge in [-0.05, 0) is 5.56 Å². The lowest BCUT2D eigenvalue weighted by Gasteiger charge is -2.18. The van der Waals surface area contributed by atoms with Gasteiger partial charge >= 0.3 is 6.18 Å². The highest BCUT2D eigenvalue weighted by atomic mass is 32.2. The Hall–Kier alpha value is -1.08. The second kappa shape index (κ2) is 5.05. The van der Waals surface area contributed by atoms with Crippen molar-refractivity contribution in [2.45, 2.75) is 15.8 Å². The van der Waals surface area contributed by atoms with Crippen molar-refractivity contribution in [2.75, 3.05) is 0 Å². The van der Waals surface area contributed by atoms with Crippen LogP contribution in [0.25, 0.3) is 0 Å².